The number of benzene rings is 1. The molecule has 182 valence electrons. The van der Waals surface area contributed by atoms with Crippen LogP contribution in [0.3, 0.4) is 0 Å². The molecule has 2 rings (SSSR count). The highest BCUT2D eigenvalue weighted by atomic mass is 19.4. The molecule has 1 aromatic heterocycles. The fourth-order valence-electron chi connectivity index (χ4n) is 2.84. The van der Waals surface area contributed by atoms with Gasteiger partial charge >= 0.3 is 12.1 Å². The van der Waals surface area contributed by atoms with E-state index < -0.39 is 47.8 Å². The number of hydrogen-bond donors (Lipinski definition) is 1. The summed E-state index contributed by atoms with van der Waals surface area (Å²) in [5, 5.41) is 6.36. The van der Waals surface area contributed by atoms with Crippen molar-refractivity contribution in [3.05, 3.63) is 51.9 Å². The van der Waals surface area contributed by atoms with E-state index in [4.69, 9.17) is 9.47 Å². The van der Waals surface area contributed by atoms with Crippen molar-refractivity contribution in [2.75, 3.05) is 32.2 Å². The van der Waals surface area contributed by atoms with E-state index in [1.165, 1.54) is 21.0 Å². The van der Waals surface area contributed by atoms with Crippen LogP contribution in [0, 0.1) is 0 Å². The molecular weight excluding hydrogens is 450 g/mol. The Morgan fingerprint density at radius 3 is 2.45 bits per heavy atom. The van der Waals surface area contributed by atoms with Gasteiger partial charge in [-0.25, -0.2) is 13.9 Å². The number of hydrogen-bond acceptors (Lipinski definition) is 7. The van der Waals surface area contributed by atoms with E-state index >= 15 is 0 Å². The molecule has 0 saturated carbocycles. The van der Waals surface area contributed by atoms with Gasteiger partial charge in [0.1, 0.15) is 11.3 Å². The highest BCUT2D eigenvalue weighted by molar-refractivity contribution is 5.74. The SMILES string of the molecule is CCOC(=O)C(F)COC[C@H](C)Nc1cnn(Cc2ccc(OC)cc2)c(=O)c1C(F)(F)F. The summed E-state index contributed by atoms with van der Waals surface area (Å²) in [6, 6.07) is 5.71. The second-order valence-electron chi connectivity index (χ2n) is 7.04. The van der Waals surface area contributed by atoms with Crippen molar-refractivity contribution in [2.45, 2.75) is 38.8 Å². The van der Waals surface area contributed by atoms with Crippen molar-refractivity contribution in [1.29, 1.82) is 0 Å². The normalized spacial score (nSPS) is 13.3. The molecule has 0 spiro atoms. The van der Waals surface area contributed by atoms with Crippen LogP contribution in [-0.4, -0.2) is 54.9 Å². The number of halogens is 4. The molecule has 2 atom stereocenters. The van der Waals surface area contributed by atoms with Crippen molar-refractivity contribution in [2.24, 2.45) is 0 Å². The number of esters is 1. The molecule has 1 heterocycles. The maximum Gasteiger partial charge on any atom is 0.423 e. The molecular formula is C21H25F4N3O5. The number of ether oxygens (including phenoxy) is 3. The zero-order valence-corrected chi connectivity index (χ0v) is 18.3. The Morgan fingerprint density at radius 1 is 1.21 bits per heavy atom. The maximum absolute atomic E-state index is 13.7. The molecule has 12 heteroatoms. The van der Waals surface area contributed by atoms with Crippen LogP contribution < -0.4 is 15.6 Å². The first-order valence-corrected chi connectivity index (χ1v) is 10.0. The van der Waals surface area contributed by atoms with Gasteiger partial charge in [0.25, 0.3) is 5.56 Å². The van der Waals surface area contributed by atoms with E-state index in [0.29, 0.717) is 16.0 Å². The van der Waals surface area contributed by atoms with Gasteiger partial charge in [-0.2, -0.15) is 18.3 Å². The molecule has 0 saturated heterocycles. The quantitative estimate of drug-likeness (QED) is 0.395. The van der Waals surface area contributed by atoms with Crippen molar-refractivity contribution >= 4 is 11.7 Å². The van der Waals surface area contributed by atoms with Crippen LogP contribution in [0.1, 0.15) is 25.0 Å². The molecule has 2 aromatic rings. The Morgan fingerprint density at radius 2 is 1.88 bits per heavy atom. The number of alkyl halides is 4. The zero-order chi connectivity index (χ0) is 24.6. The van der Waals surface area contributed by atoms with Crippen LogP contribution in [-0.2, 0) is 27.0 Å². The average Bonchev–Trinajstić information content (AvgIpc) is 2.75. The van der Waals surface area contributed by atoms with Crippen molar-refractivity contribution in [1.82, 2.24) is 9.78 Å². The molecule has 0 bridgehead atoms. The van der Waals surface area contributed by atoms with E-state index in [1.807, 2.05) is 0 Å². The number of anilines is 1. The Bertz CT molecular complexity index is 979. The Hall–Kier alpha value is -3.15. The van der Waals surface area contributed by atoms with E-state index in [9.17, 15) is 27.2 Å². The van der Waals surface area contributed by atoms with Gasteiger partial charge < -0.3 is 19.5 Å². The van der Waals surface area contributed by atoms with Gasteiger partial charge in [0, 0.05) is 6.04 Å². The summed E-state index contributed by atoms with van der Waals surface area (Å²) in [7, 11) is 1.48. The topological polar surface area (TPSA) is 91.7 Å². The van der Waals surface area contributed by atoms with Crippen LogP contribution in [0.25, 0.3) is 0 Å². The first-order valence-electron chi connectivity index (χ1n) is 10.0. The summed E-state index contributed by atoms with van der Waals surface area (Å²) in [6.07, 6.45) is -6.05. The molecule has 1 aromatic carbocycles. The van der Waals surface area contributed by atoms with Gasteiger partial charge in [-0.3, -0.25) is 4.79 Å². The smallest absolute Gasteiger partial charge is 0.423 e. The lowest BCUT2D eigenvalue weighted by molar-refractivity contribution is -0.151. The summed E-state index contributed by atoms with van der Waals surface area (Å²) >= 11 is 0. The van der Waals surface area contributed by atoms with Gasteiger partial charge in [-0.1, -0.05) is 12.1 Å². The lowest BCUT2D eigenvalue weighted by atomic mass is 10.2. The third kappa shape index (κ3) is 7.45. The molecule has 0 aliphatic heterocycles. The summed E-state index contributed by atoms with van der Waals surface area (Å²) in [6.45, 7) is 1.99. The molecule has 8 nitrogen and oxygen atoms in total. The molecule has 0 fully saturated rings. The van der Waals surface area contributed by atoms with Crippen molar-refractivity contribution in [3.63, 3.8) is 0 Å². The number of rotatable bonds is 11. The second kappa shape index (κ2) is 11.6. The maximum atomic E-state index is 13.7. The largest absolute Gasteiger partial charge is 0.497 e. The molecule has 1 N–H and O–H groups in total. The van der Waals surface area contributed by atoms with E-state index in [-0.39, 0.29) is 19.8 Å². The summed E-state index contributed by atoms with van der Waals surface area (Å²) < 4.78 is 69.9. The van der Waals surface area contributed by atoms with Gasteiger partial charge in [0.15, 0.2) is 0 Å². The first kappa shape index (κ1) is 26.1. The molecule has 1 unspecified atom stereocenters. The molecule has 0 amide bonds. The lowest BCUT2D eigenvalue weighted by Gasteiger charge is -2.20. The molecule has 0 aliphatic carbocycles. The van der Waals surface area contributed by atoms with Crippen LogP contribution in [0.2, 0.25) is 0 Å². The Kier molecular flexibility index (Phi) is 9.21. The van der Waals surface area contributed by atoms with Crippen LogP contribution in [0.4, 0.5) is 23.2 Å². The molecule has 33 heavy (non-hydrogen) atoms. The van der Waals surface area contributed by atoms with Crippen molar-refractivity contribution < 1.29 is 36.6 Å². The summed E-state index contributed by atoms with van der Waals surface area (Å²) in [5.74, 6) is -0.519. The zero-order valence-electron chi connectivity index (χ0n) is 18.3. The fraction of sp³-hybridized carbons (Fsp3) is 0.476. The van der Waals surface area contributed by atoms with E-state index in [0.717, 1.165) is 6.20 Å². The third-order valence-corrected chi connectivity index (χ3v) is 4.40. The standard InChI is InChI=1S/C21H25F4N3O5/c1-4-33-20(30)16(22)12-32-11-13(2)27-17-9-26-28(19(29)18(17)21(23,24)25)10-14-5-7-15(31-3)8-6-14/h5-9,13,16,27H,4,10-12H2,1-3H3/t13-,16?/m0/s1. The number of carbonyl (C=O) groups excluding carboxylic acids is 1. The summed E-state index contributed by atoms with van der Waals surface area (Å²) in [4.78, 5) is 23.8. The minimum Gasteiger partial charge on any atom is -0.497 e. The minimum atomic E-state index is -4.95. The number of methoxy groups -OCH3 is 1. The van der Waals surface area contributed by atoms with E-state index in [2.05, 4.69) is 15.2 Å². The lowest BCUT2D eigenvalue weighted by Crippen LogP contribution is -2.34. The Labute approximate surface area is 187 Å². The van der Waals surface area contributed by atoms with Crippen molar-refractivity contribution in [3.8, 4) is 5.75 Å². The third-order valence-electron chi connectivity index (χ3n) is 4.40. The van der Waals surface area contributed by atoms with Gasteiger partial charge in [0.05, 0.1) is 45.4 Å². The second-order valence-corrected chi connectivity index (χ2v) is 7.04. The number of aromatic nitrogens is 2. The first-order chi connectivity index (χ1) is 15.6. The number of nitrogens with zero attached hydrogens (tertiary/aromatic N) is 2. The number of carbonyl (C=O) groups is 1. The van der Waals surface area contributed by atoms with Gasteiger partial charge in [0.2, 0.25) is 6.17 Å². The average molecular weight is 475 g/mol. The predicted molar refractivity (Wildman–Crippen MR) is 111 cm³/mol. The van der Waals surface area contributed by atoms with Crippen LogP contribution in [0.15, 0.2) is 35.3 Å². The van der Waals surface area contributed by atoms with Gasteiger partial charge in [-0.15, -0.1) is 0 Å². The Balaban J connectivity index is 2.12. The number of nitrogens with one attached hydrogen (secondary N) is 1. The van der Waals surface area contributed by atoms with Crippen LogP contribution in [0.5, 0.6) is 5.75 Å². The van der Waals surface area contributed by atoms with Crippen LogP contribution >= 0.6 is 0 Å². The minimum absolute atomic E-state index is 0.00836. The summed E-state index contributed by atoms with van der Waals surface area (Å²) in [5.41, 5.74) is -2.70. The monoisotopic (exact) mass is 475 g/mol. The predicted octanol–water partition coefficient (Wildman–Crippen LogP) is 3.04. The highest BCUT2D eigenvalue weighted by Crippen LogP contribution is 2.32. The van der Waals surface area contributed by atoms with E-state index in [1.54, 1.807) is 24.3 Å². The molecule has 0 radical (unpaired) electrons. The fourth-order valence-corrected chi connectivity index (χ4v) is 2.84. The molecule has 0 aliphatic rings. The van der Waals surface area contributed by atoms with Gasteiger partial charge in [-0.05, 0) is 31.5 Å². The highest BCUT2D eigenvalue weighted by Gasteiger charge is 2.38.